The molecule has 0 saturated heterocycles. The Morgan fingerprint density at radius 2 is 2.07 bits per heavy atom. The molecule has 0 bridgehead atoms. The van der Waals surface area contributed by atoms with Gasteiger partial charge in [0.1, 0.15) is 0 Å². The molecular weight excluding hydrogens is 192 g/mol. The monoisotopic (exact) mass is 210 g/mol. The lowest BCUT2D eigenvalue weighted by molar-refractivity contribution is 0.171. The minimum atomic E-state index is -0.316. The first-order valence-corrected chi connectivity index (χ1v) is 6.09. The molecule has 14 heavy (non-hydrogen) atoms. The van der Waals surface area contributed by atoms with Crippen LogP contribution < -0.4 is 0 Å². The van der Waals surface area contributed by atoms with Crippen LogP contribution >= 0.6 is 11.8 Å². The van der Waals surface area contributed by atoms with Gasteiger partial charge in [0.05, 0.1) is 6.10 Å². The van der Waals surface area contributed by atoms with E-state index in [0.717, 1.165) is 17.7 Å². The van der Waals surface area contributed by atoms with E-state index in [-0.39, 0.29) is 6.10 Å². The zero-order chi connectivity index (χ0) is 10.6. The van der Waals surface area contributed by atoms with E-state index in [2.05, 4.69) is 32.0 Å². The fraction of sp³-hybridized carbons (Fsp3) is 0.500. The molecule has 1 unspecified atom stereocenters. The molecule has 2 heteroatoms. The third-order valence-electron chi connectivity index (χ3n) is 2.21. The highest BCUT2D eigenvalue weighted by Crippen LogP contribution is 2.29. The van der Waals surface area contributed by atoms with E-state index in [1.54, 1.807) is 11.8 Å². The van der Waals surface area contributed by atoms with Crippen LogP contribution in [0.25, 0.3) is 0 Å². The van der Waals surface area contributed by atoms with Crippen molar-refractivity contribution in [2.45, 2.75) is 38.2 Å². The van der Waals surface area contributed by atoms with Crippen LogP contribution in [0.15, 0.2) is 23.1 Å². The van der Waals surface area contributed by atoms with Gasteiger partial charge in [-0.05, 0) is 30.7 Å². The Morgan fingerprint density at radius 1 is 1.36 bits per heavy atom. The summed E-state index contributed by atoms with van der Waals surface area (Å²) in [5, 5.41) is 9.85. The summed E-state index contributed by atoms with van der Waals surface area (Å²) in [6.07, 6.45) is 0.463. The van der Waals surface area contributed by atoms with Crippen molar-refractivity contribution in [3.8, 4) is 0 Å². The molecule has 0 amide bonds. The van der Waals surface area contributed by atoms with E-state index in [4.69, 9.17) is 0 Å². The highest BCUT2D eigenvalue weighted by molar-refractivity contribution is 7.99. The van der Waals surface area contributed by atoms with Crippen LogP contribution in [0.1, 0.15) is 37.5 Å². The zero-order valence-corrected chi connectivity index (χ0v) is 9.90. The molecule has 78 valence electrons. The molecule has 0 aromatic heterocycles. The Hall–Kier alpha value is -0.470. The van der Waals surface area contributed by atoms with Gasteiger partial charge in [-0.2, -0.15) is 0 Å². The number of aliphatic hydroxyl groups excluding tert-OH is 1. The van der Waals surface area contributed by atoms with E-state index < -0.39 is 0 Å². The summed E-state index contributed by atoms with van der Waals surface area (Å²) in [5.74, 6) is 1.05. The van der Waals surface area contributed by atoms with Crippen LogP contribution in [0.4, 0.5) is 0 Å². The van der Waals surface area contributed by atoms with Crippen molar-refractivity contribution >= 4 is 11.8 Å². The first kappa shape index (κ1) is 11.6. The average molecular weight is 210 g/mol. The molecule has 1 aromatic rings. The van der Waals surface area contributed by atoms with E-state index in [9.17, 15) is 5.11 Å². The fourth-order valence-corrected chi connectivity index (χ4v) is 2.27. The smallest absolute Gasteiger partial charge is 0.0798 e. The quantitative estimate of drug-likeness (QED) is 0.767. The number of benzene rings is 1. The van der Waals surface area contributed by atoms with Crippen molar-refractivity contribution in [1.29, 1.82) is 0 Å². The lowest BCUT2D eigenvalue weighted by atomic mass is 10.1. The maximum Gasteiger partial charge on any atom is 0.0798 e. The van der Waals surface area contributed by atoms with Gasteiger partial charge in [-0.25, -0.2) is 0 Å². The van der Waals surface area contributed by atoms with Gasteiger partial charge in [-0.3, -0.25) is 0 Å². The highest BCUT2D eigenvalue weighted by Gasteiger charge is 2.10. The number of hydrogen-bond donors (Lipinski definition) is 1. The molecular formula is C12H18OS. The van der Waals surface area contributed by atoms with E-state index >= 15 is 0 Å². The largest absolute Gasteiger partial charge is 0.388 e. The van der Waals surface area contributed by atoms with Crippen LogP contribution in [0.5, 0.6) is 0 Å². The Balaban J connectivity index is 3.02. The molecule has 1 rings (SSSR count). The zero-order valence-electron chi connectivity index (χ0n) is 9.08. The fourth-order valence-electron chi connectivity index (χ4n) is 1.44. The van der Waals surface area contributed by atoms with Crippen molar-refractivity contribution in [1.82, 2.24) is 0 Å². The first-order valence-electron chi connectivity index (χ1n) is 5.10. The van der Waals surface area contributed by atoms with E-state index in [1.165, 1.54) is 10.5 Å². The van der Waals surface area contributed by atoms with Gasteiger partial charge in [-0.1, -0.05) is 31.5 Å². The molecule has 1 nitrogen and oxygen atoms in total. The summed E-state index contributed by atoms with van der Waals surface area (Å²) < 4.78 is 0. The Bertz CT molecular complexity index is 296. The normalized spacial score (nSPS) is 12.9. The van der Waals surface area contributed by atoms with Crippen molar-refractivity contribution in [3.63, 3.8) is 0 Å². The summed E-state index contributed by atoms with van der Waals surface area (Å²) in [7, 11) is 0. The molecule has 1 atom stereocenters. The lowest BCUT2D eigenvalue weighted by Gasteiger charge is -2.14. The Morgan fingerprint density at radius 3 is 2.64 bits per heavy atom. The molecule has 0 aliphatic carbocycles. The molecule has 0 heterocycles. The first-order chi connectivity index (χ1) is 6.69. The van der Waals surface area contributed by atoms with Crippen molar-refractivity contribution in [2.75, 3.05) is 5.75 Å². The van der Waals surface area contributed by atoms with Gasteiger partial charge >= 0.3 is 0 Å². The van der Waals surface area contributed by atoms with Gasteiger partial charge in [0.15, 0.2) is 0 Å². The second-order valence-electron chi connectivity index (χ2n) is 3.40. The highest BCUT2D eigenvalue weighted by atomic mass is 32.2. The summed E-state index contributed by atoms with van der Waals surface area (Å²) in [5.41, 5.74) is 2.30. The van der Waals surface area contributed by atoms with Crippen LogP contribution in [-0.2, 0) is 0 Å². The second-order valence-corrected chi connectivity index (χ2v) is 4.70. The van der Waals surface area contributed by atoms with Crippen molar-refractivity contribution in [2.24, 2.45) is 0 Å². The number of aryl methyl sites for hydroxylation is 1. The molecule has 0 aliphatic heterocycles. The minimum absolute atomic E-state index is 0.316. The van der Waals surface area contributed by atoms with Gasteiger partial charge in [0, 0.05) is 4.90 Å². The Labute approximate surface area is 90.5 Å². The summed E-state index contributed by atoms with van der Waals surface area (Å²) in [6, 6.07) is 6.30. The molecule has 1 N–H and O–H groups in total. The number of hydrogen-bond acceptors (Lipinski definition) is 2. The van der Waals surface area contributed by atoms with Crippen LogP contribution in [0, 0.1) is 6.92 Å². The predicted molar refractivity (Wildman–Crippen MR) is 62.8 cm³/mol. The van der Waals surface area contributed by atoms with E-state index in [1.807, 2.05) is 6.92 Å². The Kier molecular flexibility index (Phi) is 4.49. The summed E-state index contributed by atoms with van der Waals surface area (Å²) in [6.45, 7) is 6.20. The van der Waals surface area contributed by atoms with Crippen LogP contribution in [0.3, 0.4) is 0 Å². The van der Waals surface area contributed by atoms with Gasteiger partial charge in [-0.15, -0.1) is 11.8 Å². The third-order valence-corrected chi connectivity index (χ3v) is 3.18. The maximum atomic E-state index is 9.85. The predicted octanol–water partition coefficient (Wildman–Crippen LogP) is 3.55. The van der Waals surface area contributed by atoms with Gasteiger partial charge < -0.3 is 5.11 Å². The van der Waals surface area contributed by atoms with E-state index in [0.29, 0.717) is 0 Å². The molecule has 1 aromatic carbocycles. The third kappa shape index (κ3) is 2.76. The summed E-state index contributed by atoms with van der Waals surface area (Å²) >= 11 is 1.79. The molecule has 0 fully saturated rings. The lowest BCUT2D eigenvalue weighted by Crippen LogP contribution is -1.98. The molecule has 0 saturated carbocycles. The second kappa shape index (κ2) is 5.42. The standard InChI is InChI=1S/C12H18OS/c1-4-11(13)10-8-9(3)6-7-12(10)14-5-2/h6-8,11,13H,4-5H2,1-3H3. The number of rotatable bonds is 4. The molecule has 0 aliphatic rings. The van der Waals surface area contributed by atoms with Crippen molar-refractivity contribution in [3.05, 3.63) is 29.3 Å². The van der Waals surface area contributed by atoms with Crippen LogP contribution in [0.2, 0.25) is 0 Å². The summed E-state index contributed by atoms with van der Waals surface area (Å²) in [4.78, 5) is 1.22. The molecule has 0 radical (unpaired) electrons. The number of thioether (sulfide) groups is 1. The topological polar surface area (TPSA) is 20.2 Å². The average Bonchev–Trinajstić information content (AvgIpc) is 2.20. The van der Waals surface area contributed by atoms with Gasteiger partial charge in [0.25, 0.3) is 0 Å². The van der Waals surface area contributed by atoms with Crippen LogP contribution in [-0.4, -0.2) is 10.9 Å². The number of aliphatic hydroxyl groups is 1. The SMILES string of the molecule is CCSc1ccc(C)cc1C(O)CC. The van der Waals surface area contributed by atoms with Gasteiger partial charge in [0.2, 0.25) is 0 Å². The molecule has 0 spiro atoms. The maximum absolute atomic E-state index is 9.85. The van der Waals surface area contributed by atoms with Crippen molar-refractivity contribution < 1.29 is 5.11 Å². The minimum Gasteiger partial charge on any atom is -0.388 e.